The van der Waals surface area contributed by atoms with Gasteiger partial charge in [-0.2, -0.15) is 0 Å². The summed E-state index contributed by atoms with van der Waals surface area (Å²) in [6.45, 7) is 10.7. The molecule has 0 saturated heterocycles. The van der Waals surface area contributed by atoms with Gasteiger partial charge in [0.05, 0.1) is 6.10 Å². The maximum absolute atomic E-state index is 13.0. The van der Waals surface area contributed by atoms with Gasteiger partial charge in [-0.3, -0.25) is 14.4 Å². The van der Waals surface area contributed by atoms with Crippen molar-refractivity contribution in [2.45, 2.75) is 66.4 Å². The molecule has 0 aromatic carbocycles. The molecule has 0 aromatic heterocycles. The number of terminal acetylenes is 1. The molecule has 3 fully saturated rings. The van der Waals surface area contributed by atoms with E-state index in [9.17, 15) is 19.5 Å². The molecule has 0 amide bonds. The van der Waals surface area contributed by atoms with Crippen LogP contribution in [0.2, 0.25) is 0 Å². The van der Waals surface area contributed by atoms with Crippen LogP contribution >= 0.6 is 0 Å². The molecule has 3 saturated carbocycles. The Balaban J connectivity index is 0.000000655. The molecule has 194 valence electrons. The second-order valence-electron chi connectivity index (χ2n) is 10.9. The van der Waals surface area contributed by atoms with Gasteiger partial charge in [-0.1, -0.05) is 39.3 Å². The molecule has 0 aliphatic heterocycles. The van der Waals surface area contributed by atoms with Gasteiger partial charge in [0.2, 0.25) is 0 Å². The number of aliphatic hydroxyl groups excluding tert-OH is 1. The standard InChI is InChI=1S/C24H32O5.C3H9N.C2H2/c1-13-9-18-17-6-5-15-10-16(26)7-8-23(15,3)22(17)19(27)11-24(18,4)21(13)20(28)12-29-14(2)25;1-3-4-2;1-2/h7-8,10,13,17-19,21-22,27H,5-6,9,11-12H2,1-4H3;4H,3H2,1-2H3;1-2H/t13-,17?,18?,19?,21?,22?,23?,24?;;/m1../s1. The number of allylic oxidation sites excluding steroid dienone is 4. The van der Waals surface area contributed by atoms with Crippen LogP contribution in [-0.4, -0.2) is 48.9 Å². The van der Waals surface area contributed by atoms with Crippen LogP contribution in [0.25, 0.3) is 0 Å². The Morgan fingerprint density at radius 2 is 1.91 bits per heavy atom. The first-order valence-corrected chi connectivity index (χ1v) is 12.8. The molecule has 7 unspecified atom stereocenters. The van der Waals surface area contributed by atoms with Crippen molar-refractivity contribution in [1.29, 1.82) is 0 Å². The summed E-state index contributed by atoms with van der Waals surface area (Å²) in [4.78, 5) is 36.1. The van der Waals surface area contributed by atoms with E-state index in [0.29, 0.717) is 18.3 Å². The van der Waals surface area contributed by atoms with Gasteiger partial charge in [-0.25, -0.2) is 0 Å². The first-order valence-electron chi connectivity index (χ1n) is 12.8. The number of esters is 1. The number of aliphatic hydroxyl groups is 1. The molecule has 6 nitrogen and oxygen atoms in total. The van der Waals surface area contributed by atoms with Gasteiger partial charge in [0.25, 0.3) is 0 Å². The zero-order valence-electron chi connectivity index (χ0n) is 22.2. The van der Waals surface area contributed by atoms with Gasteiger partial charge in [-0.05, 0) is 74.6 Å². The maximum Gasteiger partial charge on any atom is 0.303 e. The lowest BCUT2D eigenvalue weighted by Crippen LogP contribution is -2.56. The molecule has 4 rings (SSSR count). The number of hydrogen-bond donors (Lipinski definition) is 2. The summed E-state index contributed by atoms with van der Waals surface area (Å²) in [7, 11) is 1.93. The minimum Gasteiger partial charge on any atom is -0.458 e. The Bertz CT molecular complexity index is 887. The van der Waals surface area contributed by atoms with Gasteiger partial charge in [-0.15, -0.1) is 12.8 Å². The second-order valence-corrected chi connectivity index (χ2v) is 10.9. The summed E-state index contributed by atoms with van der Waals surface area (Å²) in [5.74, 6) is 0.319. The Morgan fingerprint density at radius 3 is 2.49 bits per heavy atom. The molecule has 0 aromatic rings. The Labute approximate surface area is 211 Å². The third-order valence-corrected chi connectivity index (χ3v) is 8.95. The highest BCUT2D eigenvalue weighted by molar-refractivity contribution is 6.01. The van der Waals surface area contributed by atoms with E-state index >= 15 is 0 Å². The maximum atomic E-state index is 13.0. The van der Waals surface area contributed by atoms with E-state index in [2.05, 4.69) is 45.9 Å². The van der Waals surface area contributed by atoms with Crippen molar-refractivity contribution in [3.05, 3.63) is 23.8 Å². The molecule has 2 N–H and O–H groups in total. The van der Waals surface area contributed by atoms with Gasteiger partial charge in [0.1, 0.15) is 6.61 Å². The Kier molecular flexibility index (Phi) is 9.67. The number of carbonyl (C=O) groups is 3. The fourth-order valence-electron chi connectivity index (χ4n) is 7.64. The van der Waals surface area contributed by atoms with Gasteiger partial charge in [0.15, 0.2) is 11.6 Å². The predicted octanol–water partition coefficient (Wildman–Crippen LogP) is 3.73. The van der Waals surface area contributed by atoms with Crippen molar-refractivity contribution < 1.29 is 24.2 Å². The van der Waals surface area contributed by atoms with Crippen molar-refractivity contribution in [2.75, 3.05) is 20.2 Å². The van der Waals surface area contributed by atoms with Crippen LogP contribution in [0.4, 0.5) is 0 Å². The number of fused-ring (bicyclic) bond motifs is 5. The van der Waals surface area contributed by atoms with Crippen LogP contribution in [0.15, 0.2) is 23.8 Å². The van der Waals surface area contributed by atoms with Crippen LogP contribution < -0.4 is 5.32 Å². The number of nitrogens with one attached hydrogen (secondary N) is 1. The first kappa shape index (κ1) is 29.0. The molecule has 8 atom stereocenters. The Hall–Kier alpha value is -2.23. The molecule has 0 bridgehead atoms. The molecule has 4 aliphatic carbocycles. The van der Waals surface area contributed by atoms with Crippen LogP contribution in [0.5, 0.6) is 0 Å². The monoisotopic (exact) mass is 485 g/mol. The molecule has 35 heavy (non-hydrogen) atoms. The molecular formula is C29H43NO5. The van der Waals surface area contributed by atoms with E-state index in [4.69, 9.17) is 4.74 Å². The normalized spacial score (nSPS) is 38.8. The van der Waals surface area contributed by atoms with Crippen molar-refractivity contribution in [2.24, 2.45) is 40.4 Å². The molecule has 0 radical (unpaired) electrons. The van der Waals surface area contributed by atoms with Crippen molar-refractivity contribution in [3.63, 3.8) is 0 Å². The summed E-state index contributed by atoms with van der Waals surface area (Å²) >= 11 is 0. The quantitative estimate of drug-likeness (QED) is 0.466. The molecule has 6 heteroatoms. The van der Waals surface area contributed by atoms with Crippen LogP contribution in [0.1, 0.15) is 60.3 Å². The number of Topliss-reactive ketones (excluding diaryl/α,β-unsaturated/α-hetero) is 1. The highest BCUT2D eigenvalue weighted by atomic mass is 16.5. The number of rotatable bonds is 4. The number of ether oxygens (including phenoxy) is 1. The van der Waals surface area contributed by atoms with Crippen molar-refractivity contribution in [1.82, 2.24) is 5.32 Å². The molecule has 4 aliphatic rings. The number of hydrogen-bond acceptors (Lipinski definition) is 6. The summed E-state index contributed by atoms with van der Waals surface area (Å²) in [6, 6.07) is 0. The van der Waals surface area contributed by atoms with E-state index in [1.807, 2.05) is 13.1 Å². The van der Waals surface area contributed by atoms with Crippen LogP contribution in [-0.2, 0) is 19.1 Å². The van der Waals surface area contributed by atoms with E-state index in [1.54, 1.807) is 12.2 Å². The second kappa shape index (κ2) is 11.7. The average Bonchev–Trinajstić information content (AvgIpc) is 3.08. The van der Waals surface area contributed by atoms with Crippen molar-refractivity contribution in [3.8, 4) is 12.8 Å². The minimum absolute atomic E-state index is 0.0193. The van der Waals surface area contributed by atoms with E-state index in [0.717, 1.165) is 31.4 Å². The summed E-state index contributed by atoms with van der Waals surface area (Å²) in [6.07, 6.45) is 16.2. The van der Waals surface area contributed by atoms with E-state index in [1.165, 1.54) is 6.92 Å². The molecule has 0 heterocycles. The van der Waals surface area contributed by atoms with Crippen LogP contribution in [0.3, 0.4) is 0 Å². The third kappa shape index (κ3) is 5.47. The topological polar surface area (TPSA) is 92.7 Å². The minimum atomic E-state index is -0.526. The lowest BCUT2D eigenvalue weighted by atomic mass is 9.46. The summed E-state index contributed by atoms with van der Waals surface area (Å²) in [5.41, 5.74) is 0.561. The SMILES string of the molecule is C#C.CC(=O)OCC(=O)C1[C@H](C)CC2C3CCC4=CC(=O)C=CC4(C)C3C(O)CC21C.CCNC. The van der Waals surface area contributed by atoms with Crippen LogP contribution in [0, 0.1) is 53.3 Å². The van der Waals surface area contributed by atoms with E-state index < -0.39 is 12.1 Å². The summed E-state index contributed by atoms with van der Waals surface area (Å²) in [5, 5.41) is 14.3. The largest absolute Gasteiger partial charge is 0.458 e. The molecular weight excluding hydrogens is 442 g/mol. The zero-order valence-corrected chi connectivity index (χ0v) is 22.2. The lowest BCUT2D eigenvalue weighted by molar-refractivity contribution is -0.152. The first-order chi connectivity index (χ1) is 16.5. The Morgan fingerprint density at radius 1 is 1.29 bits per heavy atom. The van der Waals surface area contributed by atoms with Gasteiger partial charge >= 0.3 is 5.97 Å². The van der Waals surface area contributed by atoms with Gasteiger partial charge in [0, 0.05) is 24.2 Å². The van der Waals surface area contributed by atoms with Crippen molar-refractivity contribution >= 4 is 17.5 Å². The number of ketones is 2. The fourth-order valence-corrected chi connectivity index (χ4v) is 7.64. The highest BCUT2D eigenvalue weighted by Crippen LogP contribution is 2.67. The van der Waals surface area contributed by atoms with Gasteiger partial charge < -0.3 is 15.2 Å². The average molecular weight is 486 g/mol. The third-order valence-electron chi connectivity index (χ3n) is 8.95. The fraction of sp³-hybridized carbons (Fsp3) is 0.690. The smallest absolute Gasteiger partial charge is 0.303 e. The van der Waals surface area contributed by atoms with E-state index in [-0.39, 0.29) is 46.8 Å². The lowest BCUT2D eigenvalue weighted by Gasteiger charge is -2.58. The predicted molar refractivity (Wildman–Crippen MR) is 137 cm³/mol. The zero-order chi connectivity index (χ0) is 26.6. The highest BCUT2D eigenvalue weighted by Gasteiger charge is 2.64. The summed E-state index contributed by atoms with van der Waals surface area (Å²) < 4.78 is 5.02. The number of carbonyl (C=O) groups excluding carboxylic acids is 3. The molecule has 0 spiro atoms.